The smallest absolute Gasteiger partial charge is 0.217 e. The van der Waals surface area contributed by atoms with E-state index in [9.17, 15) is 5.11 Å². The van der Waals surface area contributed by atoms with E-state index in [-0.39, 0.29) is 5.75 Å². The van der Waals surface area contributed by atoms with Crippen LogP contribution in [0.5, 0.6) is 11.6 Å². The van der Waals surface area contributed by atoms with Gasteiger partial charge < -0.3 is 24.2 Å². The quantitative estimate of drug-likeness (QED) is 0.475. The highest BCUT2D eigenvalue weighted by molar-refractivity contribution is 5.84. The van der Waals surface area contributed by atoms with E-state index in [0.717, 1.165) is 57.2 Å². The number of morpholine rings is 2. The standard InChI is InChI=1S/C23H31N5O4/c1-18-2-3-21(29)19(14-18)17-24-26-22-15-20(28-7-11-31-12-8-28)16-23(25-22)32-13-6-27-4-9-30-10-5-27/h2-3,14-17,29H,4-13H2,1H3,(H,25,26). The summed E-state index contributed by atoms with van der Waals surface area (Å²) in [7, 11) is 0. The summed E-state index contributed by atoms with van der Waals surface area (Å²) in [6.45, 7) is 9.79. The Kier molecular flexibility index (Phi) is 7.76. The van der Waals surface area contributed by atoms with Crippen LogP contribution >= 0.6 is 0 Å². The molecule has 9 nitrogen and oxygen atoms in total. The van der Waals surface area contributed by atoms with Crippen molar-refractivity contribution in [3.8, 4) is 11.6 Å². The lowest BCUT2D eigenvalue weighted by Crippen LogP contribution is -2.38. The van der Waals surface area contributed by atoms with Crippen molar-refractivity contribution in [2.24, 2.45) is 5.10 Å². The fourth-order valence-corrected chi connectivity index (χ4v) is 3.68. The number of nitrogens with zero attached hydrogens (tertiary/aromatic N) is 4. The van der Waals surface area contributed by atoms with Gasteiger partial charge in [-0.15, -0.1) is 0 Å². The highest BCUT2D eigenvalue weighted by Crippen LogP contribution is 2.25. The number of nitrogens with one attached hydrogen (secondary N) is 1. The molecule has 2 N–H and O–H groups in total. The predicted octanol–water partition coefficient (Wildman–Crippen LogP) is 2.09. The molecule has 3 heterocycles. The van der Waals surface area contributed by atoms with Crippen molar-refractivity contribution in [1.82, 2.24) is 9.88 Å². The summed E-state index contributed by atoms with van der Waals surface area (Å²) in [5, 5.41) is 14.3. The van der Waals surface area contributed by atoms with Gasteiger partial charge >= 0.3 is 0 Å². The van der Waals surface area contributed by atoms with E-state index in [0.29, 0.717) is 37.1 Å². The third kappa shape index (κ3) is 6.32. The molecule has 2 saturated heterocycles. The Hall–Kier alpha value is -2.88. The Balaban J connectivity index is 1.44. The summed E-state index contributed by atoms with van der Waals surface area (Å²) in [5.74, 6) is 1.32. The lowest BCUT2D eigenvalue weighted by molar-refractivity contribution is 0.0320. The van der Waals surface area contributed by atoms with Gasteiger partial charge in [-0.1, -0.05) is 11.6 Å². The van der Waals surface area contributed by atoms with Crippen LogP contribution in [0, 0.1) is 6.92 Å². The molecule has 0 radical (unpaired) electrons. The molecule has 2 fully saturated rings. The number of hydrogen-bond acceptors (Lipinski definition) is 9. The van der Waals surface area contributed by atoms with E-state index in [1.165, 1.54) is 0 Å². The SMILES string of the molecule is Cc1ccc(O)c(C=NNc2cc(N3CCOCC3)cc(OCCN3CCOCC3)n2)c1. The van der Waals surface area contributed by atoms with Gasteiger partial charge in [0.05, 0.1) is 32.6 Å². The molecule has 32 heavy (non-hydrogen) atoms. The van der Waals surface area contributed by atoms with E-state index in [4.69, 9.17) is 14.2 Å². The fraction of sp³-hybridized carbons (Fsp3) is 0.478. The van der Waals surface area contributed by atoms with Crippen LogP contribution in [0.1, 0.15) is 11.1 Å². The number of aromatic nitrogens is 1. The number of aryl methyl sites for hydroxylation is 1. The maximum absolute atomic E-state index is 10.0. The van der Waals surface area contributed by atoms with Crippen LogP contribution in [0.4, 0.5) is 11.5 Å². The number of benzene rings is 1. The normalized spacial score (nSPS) is 17.6. The minimum Gasteiger partial charge on any atom is -0.507 e. The van der Waals surface area contributed by atoms with E-state index in [1.807, 2.05) is 31.2 Å². The number of phenolic OH excluding ortho intramolecular Hbond substituents is 1. The Labute approximate surface area is 188 Å². The number of pyridine rings is 1. The molecule has 0 bridgehead atoms. The monoisotopic (exact) mass is 441 g/mol. The molecule has 0 amide bonds. The lowest BCUT2D eigenvalue weighted by Gasteiger charge is -2.29. The third-order valence-corrected chi connectivity index (χ3v) is 5.49. The predicted molar refractivity (Wildman–Crippen MR) is 124 cm³/mol. The summed E-state index contributed by atoms with van der Waals surface area (Å²) < 4.78 is 16.9. The van der Waals surface area contributed by atoms with Crippen molar-refractivity contribution in [1.29, 1.82) is 0 Å². The van der Waals surface area contributed by atoms with Gasteiger partial charge in [0.25, 0.3) is 0 Å². The van der Waals surface area contributed by atoms with Gasteiger partial charge in [-0.2, -0.15) is 10.1 Å². The number of ether oxygens (including phenoxy) is 3. The highest BCUT2D eigenvalue weighted by Gasteiger charge is 2.15. The maximum atomic E-state index is 10.0. The van der Waals surface area contributed by atoms with Gasteiger partial charge in [0.2, 0.25) is 5.88 Å². The topological polar surface area (TPSA) is 91.7 Å². The molecule has 0 aliphatic carbocycles. The van der Waals surface area contributed by atoms with E-state index >= 15 is 0 Å². The first-order chi connectivity index (χ1) is 15.7. The average molecular weight is 442 g/mol. The number of rotatable bonds is 8. The molecule has 172 valence electrons. The zero-order chi connectivity index (χ0) is 22.2. The van der Waals surface area contributed by atoms with Gasteiger partial charge in [0.15, 0.2) is 5.82 Å². The maximum Gasteiger partial charge on any atom is 0.217 e. The van der Waals surface area contributed by atoms with Crippen molar-refractivity contribution in [2.45, 2.75) is 6.92 Å². The summed E-state index contributed by atoms with van der Waals surface area (Å²) in [5.41, 5.74) is 5.69. The van der Waals surface area contributed by atoms with Crippen molar-refractivity contribution >= 4 is 17.7 Å². The number of phenols is 1. The zero-order valence-corrected chi connectivity index (χ0v) is 18.5. The second-order valence-corrected chi connectivity index (χ2v) is 7.88. The van der Waals surface area contributed by atoms with Crippen LogP contribution in [0.25, 0.3) is 0 Å². The van der Waals surface area contributed by atoms with E-state index in [1.54, 1.807) is 12.3 Å². The molecule has 0 unspecified atom stereocenters. The Bertz CT molecular complexity index is 911. The van der Waals surface area contributed by atoms with Gasteiger partial charge in [-0.3, -0.25) is 10.3 Å². The summed E-state index contributed by atoms with van der Waals surface area (Å²) >= 11 is 0. The van der Waals surface area contributed by atoms with Gasteiger partial charge in [0, 0.05) is 56.1 Å². The number of aromatic hydroxyl groups is 1. The van der Waals surface area contributed by atoms with Gasteiger partial charge in [-0.05, 0) is 19.1 Å². The van der Waals surface area contributed by atoms with Crippen molar-refractivity contribution in [3.05, 3.63) is 41.5 Å². The van der Waals surface area contributed by atoms with Crippen LogP contribution in [-0.2, 0) is 9.47 Å². The first kappa shape index (κ1) is 22.3. The van der Waals surface area contributed by atoms with Crippen molar-refractivity contribution in [3.63, 3.8) is 0 Å². The van der Waals surface area contributed by atoms with Crippen molar-refractivity contribution in [2.75, 3.05) is 76.1 Å². The number of hydrogen-bond donors (Lipinski definition) is 2. The minimum absolute atomic E-state index is 0.184. The first-order valence-corrected chi connectivity index (χ1v) is 11.0. The third-order valence-electron chi connectivity index (χ3n) is 5.49. The molecule has 0 spiro atoms. The van der Waals surface area contributed by atoms with Crippen LogP contribution in [0.2, 0.25) is 0 Å². The minimum atomic E-state index is 0.184. The molecule has 1 aromatic carbocycles. The molecular weight excluding hydrogens is 410 g/mol. The second kappa shape index (κ2) is 11.1. The first-order valence-electron chi connectivity index (χ1n) is 11.0. The molecule has 9 heteroatoms. The largest absolute Gasteiger partial charge is 0.507 e. The van der Waals surface area contributed by atoms with Crippen molar-refractivity contribution < 1.29 is 19.3 Å². The van der Waals surface area contributed by atoms with Crippen LogP contribution < -0.4 is 15.1 Å². The summed E-state index contributed by atoms with van der Waals surface area (Å²) in [6, 6.07) is 9.31. The van der Waals surface area contributed by atoms with Crippen LogP contribution in [0.3, 0.4) is 0 Å². The van der Waals surface area contributed by atoms with Crippen LogP contribution in [0.15, 0.2) is 35.4 Å². The second-order valence-electron chi connectivity index (χ2n) is 7.88. The molecule has 2 aromatic rings. The van der Waals surface area contributed by atoms with Gasteiger partial charge in [0.1, 0.15) is 12.4 Å². The average Bonchev–Trinajstić information content (AvgIpc) is 2.82. The molecule has 2 aliphatic rings. The molecule has 0 saturated carbocycles. The number of hydrazone groups is 1. The molecule has 4 rings (SSSR count). The molecule has 1 aromatic heterocycles. The van der Waals surface area contributed by atoms with Crippen LogP contribution in [-0.4, -0.2) is 87.0 Å². The summed E-state index contributed by atoms with van der Waals surface area (Å²) in [4.78, 5) is 9.15. The summed E-state index contributed by atoms with van der Waals surface area (Å²) in [6.07, 6.45) is 1.59. The molecule has 0 atom stereocenters. The fourth-order valence-electron chi connectivity index (χ4n) is 3.68. The number of anilines is 2. The lowest BCUT2D eigenvalue weighted by atomic mass is 10.1. The highest BCUT2D eigenvalue weighted by atomic mass is 16.5. The zero-order valence-electron chi connectivity index (χ0n) is 18.5. The Morgan fingerprint density at radius 2 is 1.84 bits per heavy atom. The molecular formula is C23H31N5O4. The van der Waals surface area contributed by atoms with E-state index < -0.39 is 0 Å². The Morgan fingerprint density at radius 3 is 2.62 bits per heavy atom. The van der Waals surface area contributed by atoms with E-state index in [2.05, 4.69) is 25.3 Å². The molecule has 2 aliphatic heterocycles. The van der Waals surface area contributed by atoms with Gasteiger partial charge in [-0.25, -0.2) is 0 Å². The Morgan fingerprint density at radius 1 is 1.09 bits per heavy atom.